The molecule has 0 aliphatic heterocycles. The van der Waals surface area contributed by atoms with Gasteiger partial charge in [-0.25, -0.2) is 9.59 Å². The zero-order valence-corrected chi connectivity index (χ0v) is 11.8. The van der Waals surface area contributed by atoms with E-state index in [1.165, 1.54) is 13.0 Å². The number of carbonyl (C=O) groups is 2. The molecule has 0 fully saturated rings. The minimum absolute atomic E-state index is 0.00359. The molecular weight excluding hydrogens is 282 g/mol. The van der Waals surface area contributed by atoms with Gasteiger partial charge in [-0.05, 0) is 53.3 Å². The summed E-state index contributed by atoms with van der Waals surface area (Å²) >= 11 is 0. The van der Waals surface area contributed by atoms with E-state index >= 15 is 0 Å². The van der Waals surface area contributed by atoms with E-state index in [0.717, 1.165) is 16.5 Å². The highest BCUT2D eigenvalue weighted by atomic mass is 16.4. The Kier molecular flexibility index (Phi) is 3.18. The van der Waals surface area contributed by atoms with Gasteiger partial charge in [0.15, 0.2) is 0 Å². The number of benzene rings is 2. The number of carboxylic acids is 2. The molecule has 0 bridgehead atoms. The Bertz CT molecular complexity index is 908. The van der Waals surface area contributed by atoms with Crippen LogP contribution in [0.5, 0.6) is 0 Å². The van der Waals surface area contributed by atoms with Crippen molar-refractivity contribution < 1.29 is 19.8 Å². The van der Waals surface area contributed by atoms with Crippen molar-refractivity contribution in [1.82, 2.24) is 4.98 Å². The third-order valence-electron chi connectivity index (χ3n) is 3.77. The van der Waals surface area contributed by atoms with Crippen LogP contribution < -0.4 is 0 Å². The number of aromatic amines is 1. The Morgan fingerprint density at radius 2 is 1.77 bits per heavy atom. The predicted octanol–water partition coefficient (Wildman–Crippen LogP) is 3.54. The summed E-state index contributed by atoms with van der Waals surface area (Å²) in [6.07, 6.45) is 1.81. The SMILES string of the molecule is Cc1c(C(=O)O)ccc(-c2ccc3[nH]ccc3c2)c1C(=O)O. The van der Waals surface area contributed by atoms with Crippen molar-refractivity contribution in [1.29, 1.82) is 0 Å². The van der Waals surface area contributed by atoms with Gasteiger partial charge >= 0.3 is 11.9 Å². The van der Waals surface area contributed by atoms with Gasteiger partial charge in [0, 0.05) is 11.7 Å². The summed E-state index contributed by atoms with van der Waals surface area (Å²) in [5, 5.41) is 19.6. The van der Waals surface area contributed by atoms with Gasteiger partial charge in [0.05, 0.1) is 11.1 Å². The molecule has 0 aliphatic rings. The van der Waals surface area contributed by atoms with Crippen molar-refractivity contribution in [3.05, 3.63) is 59.3 Å². The maximum Gasteiger partial charge on any atom is 0.336 e. The van der Waals surface area contributed by atoms with Crippen LogP contribution in [0, 0.1) is 6.92 Å². The molecule has 0 unspecified atom stereocenters. The van der Waals surface area contributed by atoms with Crippen LogP contribution in [0.1, 0.15) is 26.3 Å². The van der Waals surface area contributed by atoms with Crippen molar-refractivity contribution in [3.8, 4) is 11.1 Å². The van der Waals surface area contributed by atoms with E-state index in [1.807, 2.05) is 30.5 Å². The fourth-order valence-corrected chi connectivity index (χ4v) is 2.68. The van der Waals surface area contributed by atoms with Crippen LogP contribution in [0.15, 0.2) is 42.6 Å². The smallest absolute Gasteiger partial charge is 0.336 e. The first-order valence-electron chi connectivity index (χ1n) is 6.66. The van der Waals surface area contributed by atoms with E-state index in [-0.39, 0.29) is 16.7 Å². The van der Waals surface area contributed by atoms with Crippen LogP contribution in [0.25, 0.3) is 22.0 Å². The van der Waals surface area contributed by atoms with Crippen molar-refractivity contribution in [3.63, 3.8) is 0 Å². The van der Waals surface area contributed by atoms with Crippen LogP contribution >= 0.6 is 0 Å². The van der Waals surface area contributed by atoms with Crippen LogP contribution in [-0.4, -0.2) is 27.1 Å². The first-order chi connectivity index (χ1) is 10.5. The zero-order valence-electron chi connectivity index (χ0n) is 11.8. The Morgan fingerprint density at radius 1 is 1.00 bits per heavy atom. The van der Waals surface area contributed by atoms with Crippen molar-refractivity contribution in [2.24, 2.45) is 0 Å². The molecule has 0 spiro atoms. The van der Waals surface area contributed by atoms with Gasteiger partial charge in [-0.3, -0.25) is 0 Å². The average Bonchev–Trinajstić information content (AvgIpc) is 2.93. The van der Waals surface area contributed by atoms with Crippen molar-refractivity contribution in [2.75, 3.05) is 0 Å². The number of hydrogen-bond acceptors (Lipinski definition) is 2. The number of hydrogen-bond donors (Lipinski definition) is 3. The molecule has 110 valence electrons. The molecule has 3 N–H and O–H groups in total. The second-order valence-corrected chi connectivity index (χ2v) is 5.05. The molecule has 22 heavy (non-hydrogen) atoms. The normalized spacial score (nSPS) is 10.8. The minimum atomic E-state index is -1.13. The molecule has 3 aromatic rings. The fourth-order valence-electron chi connectivity index (χ4n) is 2.68. The topological polar surface area (TPSA) is 90.4 Å². The number of fused-ring (bicyclic) bond motifs is 1. The third kappa shape index (κ3) is 2.13. The van der Waals surface area contributed by atoms with Gasteiger partial charge in [-0.2, -0.15) is 0 Å². The largest absolute Gasteiger partial charge is 0.478 e. The van der Waals surface area contributed by atoms with Gasteiger partial charge in [0.1, 0.15) is 0 Å². The molecule has 0 amide bonds. The molecule has 0 saturated heterocycles. The van der Waals surface area contributed by atoms with Crippen LogP contribution in [-0.2, 0) is 0 Å². The van der Waals surface area contributed by atoms with E-state index in [2.05, 4.69) is 4.98 Å². The van der Waals surface area contributed by atoms with Crippen LogP contribution in [0.4, 0.5) is 0 Å². The number of aromatic nitrogens is 1. The number of H-pyrrole nitrogens is 1. The van der Waals surface area contributed by atoms with Gasteiger partial charge in [0.2, 0.25) is 0 Å². The highest BCUT2D eigenvalue weighted by Gasteiger charge is 2.20. The molecular formula is C17H13NO4. The minimum Gasteiger partial charge on any atom is -0.478 e. The summed E-state index contributed by atoms with van der Waals surface area (Å²) in [5.41, 5.74) is 2.49. The standard InChI is InChI=1S/C17H13NO4/c1-9-12(16(19)20)3-4-13(15(9)17(21)22)10-2-5-14-11(8-10)6-7-18-14/h2-8,18H,1H3,(H,19,20)(H,21,22). The van der Waals surface area contributed by atoms with Crippen LogP contribution in [0.2, 0.25) is 0 Å². The van der Waals surface area contributed by atoms with Crippen molar-refractivity contribution >= 4 is 22.8 Å². The van der Waals surface area contributed by atoms with E-state index in [4.69, 9.17) is 5.11 Å². The number of nitrogens with one attached hydrogen (secondary N) is 1. The monoisotopic (exact) mass is 295 g/mol. The van der Waals surface area contributed by atoms with E-state index in [0.29, 0.717) is 5.56 Å². The summed E-state index contributed by atoms with van der Waals surface area (Å²) in [6.45, 7) is 1.52. The molecule has 1 aromatic heterocycles. The Labute approximate surface area is 125 Å². The Morgan fingerprint density at radius 3 is 2.45 bits per heavy atom. The number of carboxylic acid groups (broad SMARTS) is 2. The van der Waals surface area contributed by atoms with E-state index in [1.54, 1.807) is 6.07 Å². The molecule has 0 atom stereocenters. The summed E-state index contributed by atoms with van der Waals surface area (Å²) in [6, 6.07) is 10.5. The maximum atomic E-state index is 11.6. The highest BCUT2D eigenvalue weighted by molar-refractivity contribution is 6.02. The first kappa shape index (κ1) is 13.9. The van der Waals surface area contributed by atoms with Gasteiger partial charge in [-0.15, -0.1) is 0 Å². The number of rotatable bonds is 3. The molecule has 5 nitrogen and oxygen atoms in total. The van der Waals surface area contributed by atoms with Crippen molar-refractivity contribution in [2.45, 2.75) is 6.92 Å². The molecule has 5 heteroatoms. The summed E-state index contributed by atoms with van der Waals surface area (Å²) in [5.74, 6) is -2.27. The summed E-state index contributed by atoms with van der Waals surface area (Å²) < 4.78 is 0. The lowest BCUT2D eigenvalue weighted by Crippen LogP contribution is -2.09. The van der Waals surface area contributed by atoms with Gasteiger partial charge < -0.3 is 15.2 Å². The lowest BCUT2D eigenvalue weighted by atomic mass is 9.92. The molecule has 3 rings (SSSR count). The maximum absolute atomic E-state index is 11.6. The molecule has 1 heterocycles. The predicted molar refractivity (Wildman–Crippen MR) is 82.4 cm³/mol. The summed E-state index contributed by atoms with van der Waals surface area (Å²) in [7, 11) is 0. The zero-order chi connectivity index (χ0) is 15.9. The third-order valence-corrected chi connectivity index (χ3v) is 3.77. The molecule has 0 saturated carbocycles. The number of aromatic carboxylic acids is 2. The first-order valence-corrected chi connectivity index (χ1v) is 6.66. The second-order valence-electron chi connectivity index (χ2n) is 5.05. The lowest BCUT2D eigenvalue weighted by Gasteiger charge is -2.12. The van der Waals surface area contributed by atoms with Gasteiger partial charge in [0.25, 0.3) is 0 Å². The second kappa shape index (κ2) is 5.04. The van der Waals surface area contributed by atoms with E-state index < -0.39 is 11.9 Å². The van der Waals surface area contributed by atoms with Crippen LogP contribution in [0.3, 0.4) is 0 Å². The summed E-state index contributed by atoms with van der Waals surface area (Å²) in [4.78, 5) is 25.9. The molecule has 0 aliphatic carbocycles. The fraction of sp³-hybridized carbons (Fsp3) is 0.0588. The Balaban J connectivity index is 2.27. The van der Waals surface area contributed by atoms with E-state index in [9.17, 15) is 14.7 Å². The molecule has 0 radical (unpaired) electrons. The lowest BCUT2D eigenvalue weighted by molar-refractivity contribution is 0.0696. The average molecular weight is 295 g/mol. The molecule has 2 aromatic carbocycles. The Hall–Kier alpha value is -3.08. The quantitative estimate of drug-likeness (QED) is 0.689. The highest BCUT2D eigenvalue weighted by Crippen LogP contribution is 2.30. The van der Waals surface area contributed by atoms with Gasteiger partial charge in [-0.1, -0.05) is 12.1 Å².